The van der Waals surface area contributed by atoms with Gasteiger partial charge in [0, 0.05) is 12.6 Å². The maximum absolute atomic E-state index is 5.77. The van der Waals surface area contributed by atoms with Crippen molar-refractivity contribution < 1.29 is 4.74 Å². The van der Waals surface area contributed by atoms with E-state index in [4.69, 9.17) is 4.74 Å². The smallest absolute Gasteiger partial charge is 0.0727 e. The quantitative estimate of drug-likeness (QED) is 0.710. The minimum atomic E-state index is 0.477. The number of rotatable bonds is 5. The summed E-state index contributed by atoms with van der Waals surface area (Å²) in [7, 11) is 2.05. The third-order valence-corrected chi connectivity index (χ3v) is 2.90. The van der Waals surface area contributed by atoms with Gasteiger partial charge < -0.3 is 10.1 Å². The van der Waals surface area contributed by atoms with Gasteiger partial charge in [-0.2, -0.15) is 0 Å². The highest BCUT2D eigenvalue weighted by atomic mass is 16.5. The Hall–Kier alpha value is -0.0800. The van der Waals surface area contributed by atoms with Crippen molar-refractivity contribution in [2.24, 2.45) is 0 Å². The third kappa shape index (κ3) is 3.65. The predicted molar refractivity (Wildman–Crippen MR) is 56.0 cm³/mol. The molecular formula is C11H23NO. The summed E-state index contributed by atoms with van der Waals surface area (Å²) in [6.45, 7) is 3.21. The van der Waals surface area contributed by atoms with Crippen molar-refractivity contribution in [1.82, 2.24) is 5.32 Å². The molecule has 13 heavy (non-hydrogen) atoms. The van der Waals surface area contributed by atoms with Gasteiger partial charge in [-0.3, -0.25) is 0 Å². The Bertz CT molecular complexity index is 121. The number of hydrogen-bond donors (Lipinski definition) is 1. The second kappa shape index (κ2) is 6.39. The lowest BCUT2D eigenvalue weighted by molar-refractivity contribution is -0.00807. The zero-order valence-electron chi connectivity index (χ0n) is 9.01. The molecule has 2 nitrogen and oxygen atoms in total. The molecule has 1 N–H and O–H groups in total. The molecule has 0 saturated carbocycles. The Morgan fingerprint density at radius 3 is 2.85 bits per heavy atom. The van der Waals surface area contributed by atoms with Crippen LogP contribution in [-0.4, -0.2) is 25.8 Å². The molecule has 0 aliphatic carbocycles. The molecule has 1 aliphatic rings. The van der Waals surface area contributed by atoms with Gasteiger partial charge in [-0.25, -0.2) is 0 Å². The molecule has 0 aromatic heterocycles. The van der Waals surface area contributed by atoms with Crippen molar-refractivity contribution in [3.63, 3.8) is 0 Å². The van der Waals surface area contributed by atoms with Crippen LogP contribution in [0.4, 0.5) is 0 Å². The van der Waals surface area contributed by atoms with Crippen molar-refractivity contribution >= 4 is 0 Å². The molecule has 0 aromatic rings. The highest BCUT2D eigenvalue weighted by Gasteiger charge is 2.22. The van der Waals surface area contributed by atoms with Crippen LogP contribution in [0.15, 0.2) is 0 Å². The summed E-state index contributed by atoms with van der Waals surface area (Å²) in [5.41, 5.74) is 0. The minimum absolute atomic E-state index is 0.477. The van der Waals surface area contributed by atoms with Gasteiger partial charge in [0.05, 0.1) is 6.10 Å². The van der Waals surface area contributed by atoms with E-state index in [1.165, 1.54) is 38.5 Å². The fraction of sp³-hybridized carbons (Fsp3) is 1.00. The van der Waals surface area contributed by atoms with Crippen LogP contribution in [0.3, 0.4) is 0 Å². The third-order valence-electron chi connectivity index (χ3n) is 2.90. The van der Waals surface area contributed by atoms with Crippen molar-refractivity contribution in [1.29, 1.82) is 0 Å². The second-order valence-corrected chi connectivity index (χ2v) is 3.94. The van der Waals surface area contributed by atoms with Crippen molar-refractivity contribution in [2.75, 3.05) is 13.7 Å². The maximum atomic E-state index is 5.77. The van der Waals surface area contributed by atoms with Crippen LogP contribution in [0.25, 0.3) is 0 Å². The molecule has 0 bridgehead atoms. The summed E-state index contributed by atoms with van der Waals surface area (Å²) < 4.78 is 5.77. The summed E-state index contributed by atoms with van der Waals surface area (Å²) in [6, 6.07) is 0.584. The first kappa shape index (κ1) is 11.0. The Morgan fingerprint density at radius 1 is 1.46 bits per heavy atom. The molecule has 1 saturated heterocycles. The Morgan fingerprint density at radius 2 is 2.31 bits per heavy atom. The van der Waals surface area contributed by atoms with Gasteiger partial charge in [0.2, 0.25) is 0 Å². The zero-order valence-corrected chi connectivity index (χ0v) is 9.01. The van der Waals surface area contributed by atoms with E-state index < -0.39 is 0 Å². The normalized spacial score (nSPS) is 25.8. The van der Waals surface area contributed by atoms with E-state index >= 15 is 0 Å². The number of ether oxygens (including phenoxy) is 1. The molecule has 0 spiro atoms. The van der Waals surface area contributed by atoms with E-state index in [0.717, 1.165) is 6.61 Å². The van der Waals surface area contributed by atoms with E-state index in [2.05, 4.69) is 19.3 Å². The molecular weight excluding hydrogens is 162 g/mol. The van der Waals surface area contributed by atoms with Crippen LogP contribution in [0, 0.1) is 0 Å². The highest BCUT2D eigenvalue weighted by molar-refractivity contribution is 4.77. The fourth-order valence-corrected chi connectivity index (χ4v) is 2.02. The van der Waals surface area contributed by atoms with Crippen LogP contribution in [0.2, 0.25) is 0 Å². The van der Waals surface area contributed by atoms with E-state index in [9.17, 15) is 0 Å². The van der Waals surface area contributed by atoms with Gasteiger partial charge in [0.1, 0.15) is 0 Å². The summed E-state index contributed by atoms with van der Waals surface area (Å²) in [6.07, 6.45) is 8.17. The number of nitrogens with one attached hydrogen (secondary N) is 1. The molecule has 2 unspecified atom stereocenters. The molecule has 2 heteroatoms. The monoisotopic (exact) mass is 185 g/mol. The number of likely N-dealkylation sites (N-methyl/N-ethyl adjacent to an activating group) is 1. The van der Waals surface area contributed by atoms with Gasteiger partial charge in [-0.05, 0) is 32.7 Å². The molecule has 2 atom stereocenters. The van der Waals surface area contributed by atoms with Gasteiger partial charge in [-0.15, -0.1) is 0 Å². The SMILES string of the molecule is CCCCC(NC)C1CCCCO1. The largest absolute Gasteiger partial charge is 0.377 e. The van der Waals surface area contributed by atoms with Gasteiger partial charge in [-0.1, -0.05) is 19.8 Å². The topological polar surface area (TPSA) is 21.3 Å². The fourth-order valence-electron chi connectivity index (χ4n) is 2.02. The summed E-state index contributed by atoms with van der Waals surface area (Å²) >= 11 is 0. The van der Waals surface area contributed by atoms with Gasteiger partial charge >= 0.3 is 0 Å². The predicted octanol–water partition coefficient (Wildman–Crippen LogP) is 2.33. The molecule has 0 aromatic carbocycles. The average molecular weight is 185 g/mol. The first-order valence-corrected chi connectivity index (χ1v) is 5.67. The lowest BCUT2D eigenvalue weighted by Crippen LogP contribution is -2.41. The van der Waals surface area contributed by atoms with Crippen molar-refractivity contribution in [3.8, 4) is 0 Å². The molecule has 78 valence electrons. The average Bonchev–Trinajstić information content (AvgIpc) is 2.21. The Labute approximate surface area is 82.0 Å². The van der Waals surface area contributed by atoms with Crippen LogP contribution >= 0.6 is 0 Å². The van der Waals surface area contributed by atoms with Crippen LogP contribution in [0.5, 0.6) is 0 Å². The summed E-state index contributed by atoms with van der Waals surface area (Å²) in [4.78, 5) is 0. The van der Waals surface area contributed by atoms with Crippen LogP contribution < -0.4 is 5.32 Å². The Balaban J connectivity index is 2.26. The van der Waals surface area contributed by atoms with Crippen LogP contribution in [-0.2, 0) is 4.74 Å². The summed E-state index contributed by atoms with van der Waals surface area (Å²) in [5.74, 6) is 0. The summed E-state index contributed by atoms with van der Waals surface area (Å²) in [5, 5.41) is 3.38. The minimum Gasteiger partial charge on any atom is -0.377 e. The molecule has 0 amide bonds. The van der Waals surface area contributed by atoms with E-state index in [0.29, 0.717) is 12.1 Å². The van der Waals surface area contributed by atoms with Crippen LogP contribution in [0.1, 0.15) is 45.4 Å². The second-order valence-electron chi connectivity index (χ2n) is 3.94. The van der Waals surface area contributed by atoms with Gasteiger partial charge in [0.25, 0.3) is 0 Å². The molecule has 1 fully saturated rings. The Kier molecular flexibility index (Phi) is 5.40. The molecule has 1 heterocycles. The molecule has 0 radical (unpaired) electrons. The first-order valence-electron chi connectivity index (χ1n) is 5.67. The van der Waals surface area contributed by atoms with E-state index in [-0.39, 0.29) is 0 Å². The lowest BCUT2D eigenvalue weighted by Gasteiger charge is -2.30. The van der Waals surface area contributed by atoms with Gasteiger partial charge in [0.15, 0.2) is 0 Å². The highest BCUT2D eigenvalue weighted by Crippen LogP contribution is 2.18. The molecule has 1 aliphatic heterocycles. The standard InChI is InChI=1S/C11H23NO/c1-3-4-7-10(12-2)11-8-5-6-9-13-11/h10-12H,3-9H2,1-2H3. The lowest BCUT2D eigenvalue weighted by atomic mass is 9.98. The zero-order chi connectivity index (χ0) is 9.52. The first-order chi connectivity index (χ1) is 6.38. The van der Waals surface area contributed by atoms with Crippen molar-refractivity contribution in [2.45, 2.75) is 57.6 Å². The van der Waals surface area contributed by atoms with E-state index in [1.54, 1.807) is 0 Å². The number of hydrogen-bond acceptors (Lipinski definition) is 2. The van der Waals surface area contributed by atoms with Crippen molar-refractivity contribution in [3.05, 3.63) is 0 Å². The number of unbranched alkanes of at least 4 members (excludes halogenated alkanes) is 1. The van der Waals surface area contributed by atoms with E-state index in [1.807, 2.05) is 0 Å². The molecule has 1 rings (SSSR count). The maximum Gasteiger partial charge on any atom is 0.0727 e.